The standard InChI is InChI=1S/C18H27N3O2/c1-2-23-16-9-5-14(6-10-16)17(21-11-3-4-12-21)13-19-18(22)20-15-7-8-15/h5-6,9-10,15,17H,2-4,7-8,11-13H2,1H3,(H2,19,20,22)/t17-/m0/s1. The van der Waals surface area contributed by atoms with E-state index in [-0.39, 0.29) is 12.1 Å². The average Bonchev–Trinajstić information content (AvgIpc) is 3.20. The first-order chi connectivity index (χ1) is 11.3. The Hall–Kier alpha value is -1.75. The number of nitrogens with zero attached hydrogens (tertiary/aromatic N) is 1. The Morgan fingerprint density at radius 3 is 2.57 bits per heavy atom. The number of likely N-dealkylation sites (tertiary alicyclic amines) is 1. The Morgan fingerprint density at radius 1 is 1.26 bits per heavy atom. The highest BCUT2D eigenvalue weighted by Gasteiger charge is 2.26. The summed E-state index contributed by atoms with van der Waals surface area (Å²) in [7, 11) is 0. The zero-order valence-corrected chi connectivity index (χ0v) is 13.9. The Bertz CT molecular complexity index is 508. The number of hydrogen-bond donors (Lipinski definition) is 2. The van der Waals surface area contributed by atoms with Crippen LogP contribution in [-0.2, 0) is 0 Å². The molecule has 23 heavy (non-hydrogen) atoms. The number of carbonyl (C=O) groups is 1. The number of amides is 2. The summed E-state index contributed by atoms with van der Waals surface area (Å²) in [6.45, 7) is 5.52. The molecule has 1 saturated heterocycles. The quantitative estimate of drug-likeness (QED) is 0.813. The highest BCUT2D eigenvalue weighted by molar-refractivity contribution is 5.74. The number of ether oxygens (including phenoxy) is 1. The molecular weight excluding hydrogens is 290 g/mol. The Balaban J connectivity index is 1.63. The average molecular weight is 317 g/mol. The fourth-order valence-electron chi connectivity index (χ4n) is 3.12. The van der Waals surface area contributed by atoms with Gasteiger partial charge >= 0.3 is 6.03 Å². The van der Waals surface area contributed by atoms with Crippen LogP contribution in [0.25, 0.3) is 0 Å². The van der Waals surface area contributed by atoms with Crippen LogP contribution in [0.4, 0.5) is 4.79 Å². The molecule has 0 aromatic heterocycles. The van der Waals surface area contributed by atoms with Gasteiger partial charge in [0.15, 0.2) is 0 Å². The molecule has 1 atom stereocenters. The third kappa shape index (κ3) is 4.61. The summed E-state index contributed by atoms with van der Waals surface area (Å²) in [4.78, 5) is 14.4. The van der Waals surface area contributed by atoms with Gasteiger partial charge in [-0.15, -0.1) is 0 Å². The predicted molar refractivity (Wildman–Crippen MR) is 90.7 cm³/mol. The first-order valence-corrected chi connectivity index (χ1v) is 8.77. The van der Waals surface area contributed by atoms with Crippen LogP contribution in [-0.4, -0.2) is 43.2 Å². The van der Waals surface area contributed by atoms with Crippen molar-refractivity contribution in [3.63, 3.8) is 0 Å². The number of rotatable bonds is 7. The molecule has 1 aromatic rings. The fourth-order valence-corrected chi connectivity index (χ4v) is 3.12. The van der Waals surface area contributed by atoms with Crippen LogP contribution in [0.2, 0.25) is 0 Å². The van der Waals surface area contributed by atoms with Gasteiger partial charge in [-0.3, -0.25) is 4.90 Å². The van der Waals surface area contributed by atoms with Crippen molar-refractivity contribution in [3.8, 4) is 5.75 Å². The van der Waals surface area contributed by atoms with E-state index < -0.39 is 0 Å². The molecule has 1 heterocycles. The lowest BCUT2D eigenvalue weighted by atomic mass is 10.1. The first-order valence-electron chi connectivity index (χ1n) is 8.77. The Morgan fingerprint density at radius 2 is 1.96 bits per heavy atom. The predicted octanol–water partition coefficient (Wildman–Crippen LogP) is 2.68. The molecule has 1 aliphatic carbocycles. The maximum atomic E-state index is 11.9. The Kier molecular flexibility index (Phi) is 5.39. The van der Waals surface area contributed by atoms with E-state index in [1.165, 1.54) is 18.4 Å². The minimum absolute atomic E-state index is 0.0392. The maximum Gasteiger partial charge on any atom is 0.315 e. The van der Waals surface area contributed by atoms with Gasteiger partial charge < -0.3 is 15.4 Å². The molecule has 1 saturated carbocycles. The van der Waals surface area contributed by atoms with E-state index in [0.717, 1.165) is 31.7 Å². The van der Waals surface area contributed by atoms with Crippen molar-refractivity contribution >= 4 is 6.03 Å². The van der Waals surface area contributed by atoms with Gasteiger partial charge in [-0.2, -0.15) is 0 Å². The van der Waals surface area contributed by atoms with Crippen LogP contribution >= 0.6 is 0 Å². The molecule has 5 nitrogen and oxygen atoms in total. The lowest BCUT2D eigenvalue weighted by Gasteiger charge is -2.28. The van der Waals surface area contributed by atoms with Crippen molar-refractivity contribution in [1.82, 2.24) is 15.5 Å². The van der Waals surface area contributed by atoms with E-state index >= 15 is 0 Å². The van der Waals surface area contributed by atoms with Crippen LogP contribution in [0.1, 0.15) is 44.2 Å². The molecule has 0 spiro atoms. The van der Waals surface area contributed by atoms with E-state index in [1.807, 2.05) is 19.1 Å². The van der Waals surface area contributed by atoms with Gasteiger partial charge in [0.2, 0.25) is 0 Å². The van der Waals surface area contributed by atoms with Crippen molar-refractivity contribution in [1.29, 1.82) is 0 Å². The largest absolute Gasteiger partial charge is 0.494 e. The maximum absolute atomic E-state index is 11.9. The van der Waals surface area contributed by atoms with Crippen LogP contribution in [0.15, 0.2) is 24.3 Å². The second-order valence-electron chi connectivity index (χ2n) is 6.39. The van der Waals surface area contributed by atoms with Gasteiger partial charge in [0, 0.05) is 12.6 Å². The lowest BCUT2D eigenvalue weighted by molar-refractivity contribution is 0.220. The Labute approximate surface area is 138 Å². The second-order valence-corrected chi connectivity index (χ2v) is 6.39. The molecule has 126 valence electrons. The summed E-state index contributed by atoms with van der Waals surface area (Å²) >= 11 is 0. The monoisotopic (exact) mass is 317 g/mol. The van der Waals surface area contributed by atoms with E-state index in [4.69, 9.17) is 4.74 Å². The number of benzene rings is 1. The molecule has 2 aliphatic rings. The molecule has 5 heteroatoms. The SMILES string of the molecule is CCOc1ccc([C@H](CNC(=O)NC2CC2)N2CCCC2)cc1. The van der Waals surface area contributed by atoms with Crippen LogP contribution in [0.5, 0.6) is 5.75 Å². The van der Waals surface area contributed by atoms with E-state index in [1.54, 1.807) is 0 Å². The summed E-state index contributed by atoms with van der Waals surface area (Å²) in [5.41, 5.74) is 1.24. The van der Waals surface area contributed by atoms with Gasteiger partial charge in [0.25, 0.3) is 0 Å². The third-order valence-electron chi connectivity index (χ3n) is 4.53. The molecule has 1 aromatic carbocycles. The summed E-state index contributed by atoms with van der Waals surface area (Å²) in [5.74, 6) is 0.899. The number of urea groups is 1. The molecular formula is C18H27N3O2. The lowest BCUT2D eigenvalue weighted by Crippen LogP contribution is -2.42. The van der Waals surface area contributed by atoms with Crippen LogP contribution in [0, 0.1) is 0 Å². The molecule has 2 N–H and O–H groups in total. The highest BCUT2D eigenvalue weighted by atomic mass is 16.5. The first kappa shape index (κ1) is 16.1. The molecule has 2 amide bonds. The van der Waals surface area contributed by atoms with Crippen molar-refractivity contribution in [2.45, 2.75) is 44.7 Å². The van der Waals surface area contributed by atoms with Gasteiger partial charge in [0.05, 0.1) is 12.6 Å². The summed E-state index contributed by atoms with van der Waals surface area (Å²) in [6.07, 6.45) is 4.70. The smallest absolute Gasteiger partial charge is 0.315 e. The molecule has 3 rings (SSSR count). The number of nitrogens with one attached hydrogen (secondary N) is 2. The normalized spacial score (nSPS) is 19.3. The molecule has 0 radical (unpaired) electrons. The summed E-state index contributed by atoms with van der Waals surface area (Å²) in [6, 6.07) is 8.87. The van der Waals surface area contributed by atoms with Crippen molar-refractivity contribution < 1.29 is 9.53 Å². The fraction of sp³-hybridized carbons (Fsp3) is 0.611. The minimum atomic E-state index is -0.0392. The zero-order chi connectivity index (χ0) is 16.1. The van der Waals surface area contributed by atoms with E-state index in [0.29, 0.717) is 19.2 Å². The zero-order valence-electron chi connectivity index (χ0n) is 13.9. The highest BCUT2D eigenvalue weighted by Crippen LogP contribution is 2.26. The topological polar surface area (TPSA) is 53.6 Å². The van der Waals surface area contributed by atoms with Crippen LogP contribution in [0.3, 0.4) is 0 Å². The van der Waals surface area contributed by atoms with Crippen molar-refractivity contribution in [2.24, 2.45) is 0 Å². The van der Waals surface area contributed by atoms with Gasteiger partial charge in [0.1, 0.15) is 5.75 Å². The second kappa shape index (κ2) is 7.68. The third-order valence-corrected chi connectivity index (χ3v) is 4.53. The molecule has 1 aliphatic heterocycles. The van der Waals surface area contributed by atoms with Crippen molar-refractivity contribution in [2.75, 3.05) is 26.2 Å². The van der Waals surface area contributed by atoms with Gasteiger partial charge in [-0.05, 0) is 63.4 Å². The van der Waals surface area contributed by atoms with E-state index in [9.17, 15) is 4.79 Å². The minimum Gasteiger partial charge on any atom is -0.494 e. The van der Waals surface area contributed by atoms with Crippen LogP contribution < -0.4 is 15.4 Å². The van der Waals surface area contributed by atoms with Gasteiger partial charge in [-0.25, -0.2) is 4.79 Å². The summed E-state index contributed by atoms with van der Waals surface area (Å²) in [5, 5.41) is 6.03. The number of hydrogen-bond acceptors (Lipinski definition) is 3. The van der Waals surface area contributed by atoms with E-state index in [2.05, 4.69) is 27.7 Å². The number of carbonyl (C=O) groups excluding carboxylic acids is 1. The molecule has 0 unspecified atom stereocenters. The van der Waals surface area contributed by atoms with Crippen molar-refractivity contribution in [3.05, 3.63) is 29.8 Å². The summed E-state index contributed by atoms with van der Waals surface area (Å²) < 4.78 is 5.52. The van der Waals surface area contributed by atoms with Gasteiger partial charge in [-0.1, -0.05) is 12.1 Å². The molecule has 2 fully saturated rings. The molecule has 0 bridgehead atoms.